The summed E-state index contributed by atoms with van der Waals surface area (Å²) in [7, 11) is 0. The number of fused-ring (bicyclic) bond motifs is 2. The smallest absolute Gasteiger partial charge is 0.252 e. The molecule has 1 fully saturated rings. The predicted octanol–water partition coefficient (Wildman–Crippen LogP) is 4.55. The second-order valence-electron chi connectivity index (χ2n) is 8.25. The molecule has 0 spiro atoms. The van der Waals surface area contributed by atoms with E-state index in [1.54, 1.807) is 0 Å². The Balaban J connectivity index is 1.94. The fourth-order valence-electron chi connectivity index (χ4n) is 3.93. The summed E-state index contributed by atoms with van der Waals surface area (Å²) in [5.74, 6) is -0.307. The molecule has 27 heavy (non-hydrogen) atoms. The van der Waals surface area contributed by atoms with Crippen molar-refractivity contribution in [3.05, 3.63) is 52.6 Å². The van der Waals surface area contributed by atoms with E-state index in [1.807, 2.05) is 26.8 Å². The lowest BCUT2D eigenvalue weighted by molar-refractivity contribution is -0.145. The maximum absolute atomic E-state index is 12.8. The molecule has 3 rings (SSSR count). The number of ether oxygens (including phenoxy) is 2. The van der Waals surface area contributed by atoms with Crippen molar-refractivity contribution in [3.8, 4) is 0 Å². The van der Waals surface area contributed by atoms with Crippen LogP contribution in [0.15, 0.2) is 30.4 Å². The fraction of sp³-hybridized carbons (Fsp3) is 0.522. The summed E-state index contributed by atoms with van der Waals surface area (Å²) in [6, 6.07) is 4.13. The predicted molar refractivity (Wildman–Crippen MR) is 109 cm³/mol. The molecule has 0 aliphatic carbocycles. The van der Waals surface area contributed by atoms with Gasteiger partial charge in [-0.05, 0) is 57.6 Å². The SMILES string of the molecule is Cc1cc(C)c2c(c1)/C=C/C[C@@H]1OC(C)(C)OC1C/C=C\[C@@H](C)CNC2=O. The number of carbonyl (C=O) groups is 1. The first kappa shape index (κ1) is 19.8. The molecule has 2 heterocycles. The van der Waals surface area contributed by atoms with E-state index in [2.05, 4.69) is 49.5 Å². The average molecular weight is 370 g/mol. The monoisotopic (exact) mass is 369 g/mol. The molecule has 0 bridgehead atoms. The van der Waals surface area contributed by atoms with E-state index in [-0.39, 0.29) is 24.0 Å². The summed E-state index contributed by atoms with van der Waals surface area (Å²) >= 11 is 0. The Kier molecular flexibility index (Phi) is 5.87. The van der Waals surface area contributed by atoms with Gasteiger partial charge in [-0.15, -0.1) is 0 Å². The minimum absolute atomic E-state index is 0.0103. The zero-order valence-electron chi connectivity index (χ0n) is 17.0. The van der Waals surface area contributed by atoms with Crippen molar-refractivity contribution >= 4 is 12.0 Å². The standard InChI is InChI=1S/C23H31NO3/c1-15-8-6-10-19-20(27-23(4,5)26-19)11-7-9-18-13-16(2)12-17(3)21(18)22(25)24-14-15/h6-9,12-13,15,19-20H,10-11,14H2,1-5H3,(H,24,25)/b8-6-,9-7+/t15-,19?,20+/m1/s1. The Morgan fingerprint density at radius 1 is 1.07 bits per heavy atom. The molecular weight excluding hydrogens is 338 g/mol. The molecule has 4 heteroatoms. The zero-order chi connectivity index (χ0) is 19.6. The molecule has 146 valence electrons. The van der Waals surface area contributed by atoms with E-state index in [0.29, 0.717) is 6.54 Å². The second-order valence-corrected chi connectivity index (χ2v) is 8.25. The number of hydrogen-bond donors (Lipinski definition) is 1. The summed E-state index contributed by atoms with van der Waals surface area (Å²) in [4.78, 5) is 12.8. The molecule has 2 aliphatic rings. The van der Waals surface area contributed by atoms with Gasteiger partial charge in [0.15, 0.2) is 5.79 Å². The van der Waals surface area contributed by atoms with Gasteiger partial charge in [0.1, 0.15) is 0 Å². The average Bonchev–Trinajstić information content (AvgIpc) is 2.85. The van der Waals surface area contributed by atoms with Crippen molar-refractivity contribution in [1.82, 2.24) is 5.32 Å². The Morgan fingerprint density at radius 2 is 1.74 bits per heavy atom. The van der Waals surface area contributed by atoms with Gasteiger partial charge in [0.25, 0.3) is 5.91 Å². The maximum atomic E-state index is 12.8. The first-order valence-electron chi connectivity index (χ1n) is 9.83. The van der Waals surface area contributed by atoms with Crippen LogP contribution in [0.25, 0.3) is 6.08 Å². The summed E-state index contributed by atoms with van der Waals surface area (Å²) < 4.78 is 12.2. The number of carbonyl (C=O) groups excluding carboxylic acids is 1. The van der Waals surface area contributed by atoms with Gasteiger partial charge in [0.05, 0.1) is 12.2 Å². The lowest BCUT2D eigenvalue weighted by Crippen LogP contribution is -2.29. The van der Waals surface area contributed by atoms with Gasteiger partial charge in [-0.2, -0.15) is 0 Å². The number of rotatable bonds is 0. The van der Waals surface area contributed by atoms with Crippen molar-refractivity contribution in [2.45, 2.75) is 65.5 Å². The molecule has 1 unspecified atom stereocenters. The van der Waals surface area contributed by atoms with Crippen molar-refractivity contribution in [1.29, 1.82) is 0 Å². The normalized spacial score (nSPS) is 30.6. The Bertz CT molecular complexity index is 763. The van der Waals surface area contributed by atoms with E-state index in [0.717, 1.165) is 35.1 Å². The molecule has 4 nitrogen and oxygen atoms in total. The van der Waals surface area contributed by atoms with Crippen LogP contribution in [0, 0.1) is 19.8 Å². The first-order valence-corrected chi connectivity index (χ1v) is 9.83. The van der Waals surface area contributed by atoms with Gasteiger partial charge in [-0.25, -0.2) is 0 Å². The molecule has 1 N–H and O–H groups in total. The summed E-state index contributed by atoms with van der Waals surface area (Å²) in [5, 5.41) is 3.08. The highest BCUT2D eigenvalue weighted by molar-refractivity contribution is 5.99. The Morgan fingerprint density at radius 3 is 2.44 bits per heavy atom. The molecule has 1 aromatic carbocycles. The molecule has 0 radical (unpaired) electrons. The zero-order valence-corrected chi connectivity index (χ0v) is 17.0. The molecule has 2 aliphatic heterocycles. The third kappa shape index (κ3) is 4.88. The van der Waals surface area contributed by atoms with Crippen LogP contribution in [0.5, 0.6) is 0 Å². The van der Waals surface area contributed by atoms with Crippen LogP contribution in [0.4, 0.5) is 0 Å². The van der Waals surface area contributed by atoms with Crippen LogP contribution < -0.4 is 5.32 Å². The lowest BCUT2D eigenvalue weighted by atomic mass is 9.96. The molecule has 0 aromatic heterocycles. The fourth-order valence-corrected chi connectivity index (χ4v) is 3.93. The second kappa shape index (κ2) is 7.99. The number of nitrogens with one attached hydrogen (secondary N) is 1. The van der Waals surface area contributed by atoms with Gasteiger partial charge in [-0.3, -0.25) is 4.79 Å². The van der Waals surface area contributed by atoms with Crippen LogP contribution in [-0.4, -0.2) is 30.4 Å². The highest BCUT2D eigenvalue weighted by Crippen LogP contribution is 2.32. The quantitative estimate of drug-likeness (QED) is 0.682. The van der Waals surface area contributed by atoms with Crippen molar-refractivity contribution in [3.63, 3.8) is 0 Å². The van der Waals surface area contributed by atoms with Gasteiger partial charge < -0.3 is 14.8 Å². The van der Waals surface area contributed by atoms with E-state index in [4.69, 9.17) is 9.47 Å². The lowest BCUT2D eigenvalue weighted by Gasteiger charge is -2.16. The topological polar surface area (TPSA) is 47.6 Å². The van der Waals surface area contributed by atoms with Crippen LogP contribution in [0.1, 0.15) is 60.7 Å². The summed E-state index contributed by atoms with van der Waals surface area (Å²) in [6.45, 7) is 10.7. The van der Waals surface area contributed by atoms with Crippen molar-refractivity contribution in [2.75, 3.05) is 6.54 Å². The van der Waals surface area contributed by atoms with E-state index < -0.39 is 5.79 Å². The van der Waals surface area contributed by atoms with Crippen LogP contribution in [-0.2, 0) is 9.47 Å². The third-order valence-electron chi connectivity index (χ3n) is 5.11. The van der Waals surface area contributed by atoms with Crippen molar-refractivity contribution in [2.24, 2.45) is 5.92 Å². The van der Waals surface area contributed by atoms with Gasteiger partial charge in [0, 0.05) is 12.1 Å². The molecule has 3 atom stereocenters. The molecule has 1 amide bonds. The highest BCUT2D eigenvalue weighted by atomic mass is 16.7. The third-order valence-corrected chi connectivity index (χ3v) is 5.11. The van der Waals surface area contributed by atoms with E-state index in [1.165, 1.54) is 0 Å². The first-order chi connectivity index (χ1) is 12.7. The summed E-state index contributed by atoms with van der Waals surface area (Å²) in [5.41, 5.74) is 3.87. The van der Waals surface area contributed by atoms with Crippen LogP contribution >= 0.6 is 0 Å². The van der Waals surface area contributed by atoms with Crippen molar-refractivity contribution < 1.29 is 14.3 Å². The number of aryl methyl sites for hydroxylation is 2. The number of hydrogen-bond acceptors (Lipinski definition) is 3. The van der Waals surface area contributed by atoms with Crippen LogP contribution in [0.3, 0.4) is 0 Å². The largest absolute Gasteiger partial charge is 0.351 e. The minimum Gasteiger partial charge on any atom is -0.351 e. The molecule has 1 saturated heterocycles. The Hall–Kier alpha value is -1.91. The van der Waals surface area contributed by atoms with Gasteiger partial charge >= 0.3 is 0 Å². The van der Waals surface area contributed by atoms with Gasteiger partial charge in [0.2, 0.25) is 0 Å². The maximum Gasteiger partial charge on any atom is 0.252 e. The van der Waals surface area contributed by atoms with Gasteiger partial charge in [-0.1, -0.05) is 48.9 Å². The minimum atomic E-state index is -0.556. The number of benzene rings is 1. The van der Waals surface area contributed by atoms with E-state index in [9.17, 15) is 4.79 Å². The summed E-state index contributed by atoms with van der Waals surface area (Å²) in [6.07, 6.45) is 10.1. The van der Waals surface area contributed by atoms with Crippen LogP contribution in [0.2, 0.25) is 0 Å². The highest BCUT2D eigenvalue weighted by Gasteiger charge is 2.39. The molecular formula is C23H31NO3. The molecule has 1 aromatic rings. The molecule has 0 saturated carbocycles. The Labute approximate surface area is 162 Å². The van der Waals surface area contributed by atoms with E-state index >= 15 is 0 Å². The number of amides is 1.